The topological polar surface area (TPSA) is 39.9 Å². The maximum Gasteiger partial charge on any atom is 0.411 e. The van der Waals surface area contributed by atoms with E-state index in [-0.39, 0.29) is 24.4 Å². The van der Waals surface area contributed by atoms with E-state index in [1.165, 1.54) is 0 Å². The maximum absolute atomic E-state index is 11.8. The number of hydrogen-bond acceptors (Lipinski definition) is 3. The van der Waals surface area contributed by atoms with Gasteiger partial charge >= 0.3 is 6.18 Å². The minimum atomic E-state index is -4.31. The molecule has 0 aliphatic heterocycles. The van der Waals surface area contributed by atoms with Gasteiger partial charge < -0.3 is 4.74 Å². The van der Waals surface area contributed by atoms with Crippen LogP contribution in [0.1, 0.15) is 25.6 Å². The lowest BCUT2D eigenvalue weighted by Gasteiger charge is -2.11. The number of nitrogens with zero attached hydrogens (tertiary/aromatic N) is 3. The molecule has 0 spiro atoms. The first-order valence-electron chi connectivity index (χ1n) is 5.04. The Morgan fingerprint density at radius 3 is 2.53 bits per heavy atom. The van der Waals surface area contributed by atoms with E-state index < -0.39 is 12.8 Å². The van der Waals surface area contributed by atoms with Crippen molar-refractivity contribution in [3.63, 3.8) is 0 Å². The number of alkyl halides is 3. The van der Waals surface area contributed by atoms with Crippen molar-refractivity contribution in [2.75, 3.05) is 13.2 Å². The van der Waals surface area contributed by atoms with Crippen molar-refractivity contribution < 1.29 is 17.9 Å². The first-order chi connectivity index (χ1) is 7.81. The van der Waals surface area contributed by atoms with Crippen LogP contribution in [0.15, 0.2) is 0 Å². The van der Waals surface area contributed by atoms with Crippen LogP contribution in [-0.4, -0.2) is 34.2 Å². The molecule has 1 aromatic rings. The summed E-state index contributed by atoms with van der Waals surface area (Å²) in [5.74, 6) is 0.725. The predicted molar refractivity (Wildman–Crippen MR) is 56.0 cm³/mol. The van der Waals surface area contributed by atoms with Crippen molar-refractivity contribution in [1.82, 2.24) is 14.8 Å². The zero-order valence-corrected chi connectivity index (χ0v) is 10.2. The SMILES string of the molecule is CC(C)c1nnc(Cl)n1CCOCC(F)(F)F. The highest BCUT2D eigenvalue weighted by Gasteiger charge is 2.27. The molecule has 0 atom stereocenters. The normalized spacial score (nSPS) is 12.4. The van der Waals surface area contributed by atoms with Crippen LogP contribution >= 0.6 is 11.6 Å². The number of rotatable bonds is 5. The molecule has 98 valence electrons. The number of aromatic nitrogens is 3. The molecule has 0 saturated carbocycles. The Labute approximate surface area is 102 Å². The largest absolute Gasteiger partial charge is 0.411 e. The molecular formula is C9H13ClF3N3O. The van der Waals surface area contributed by atoms with Gasteiger partial charge in [-0.2, -0.15) is 13.2 Å². The third-order valence-electron chi connectivity index (χ3n) is 1.98. The summed E-state index contributed by atoms with van der Waals surface area (Å²) in [6.45, 7) is 2.65. The lowest BCUT2D eigenvalue weighted by molar-refractivity contribution is -0.174. The van der Waals surface area contributed by atoms with Gasteiger partial charge in [0.2, 0.25) is 5.28 Å². The number of ether oxygens (including phenoxy) is 1. The molecule has 17 heavy (non-hydrogen) atoms. The molecule has 0 saturated heterocycles. The first-order valence-corrected chi connectivity index (χ1v) is 5.42. The molecule has 1 aromatic heterocycles. The molecule has 0 aliphatic carbocycles. The van der Waals surface area contributed by atoms with Gasteiger partial charge in [-0.05, 0) is 11.6 Å². The molecule has 0 aromatic carbocycles. The average molecular weight is 272 g/mol. The van der Waals surface area contributed by atoms with Crippen molar-refractivity contribution in [1.29, 1.82) is 0 Å². The Morgan fingerprint density at radius 2 is 2.00 bits per heavy atom. The van der Waals surface area contributed by atoms with Gasteiger partial charge in [-0.3, -0.25) is 4.57 Å². The van der Waals surface area contributed by atoms with Crippen molar-refractivity contribution in [3.8, 4) is 0 Å². The van der Waals surface area contributed by atoms with Crippen LogP contribution < -0.4 is 0 Å². The minimum absolute atomic E-state index is 0.0863. The van der Waals surface area contributed by atoms with E-state index in [4.69, 9.17) is 11.6 Å². The zero-order chi connectivity index (χ0) is 13.1. The first kappa shape index (κ1) is 14.2. The van der Waals surface area contributed by atoms with Crippen LogP contribution in [0.4, 0.5) is 13.2 Å². The lowest BCUT2D eigenvalue weighted by atomic mass is 10.2. The van der Waals surface area contributed by atoms with Crippen LogP contribution in [0.5, 0.6) is 0 Å². The summed E-state index contributed by atoms with van der Waals surface area (Å²) in [5, 5.41) is 7.67. The summed E-state index contributed by atoms with van der Waals surface area (Å²) in [6.07, 6.45) is -4.31. The third kappa shape index (κ3) is 4.51. The Balaban J connectivity index is 2.49. The quantitative estimate of drug-likeness (QED) is 0.773. The van der Waals surface area contributed by atoms with Gasteiger partial charge in [0.25, 0.3) is 0 Å². The summed E-state index contributed by atoms with van der Waals surface area (Å²) in [7, 11) is 0. The fourth-order valence-electron chi connectivity index (χ4n) is 1.27. The highest BCUT2D eigenvalue weighted by molar-refractivity contribution is 6.28. The fraction of sp³-hybridized carbons (Fsp3) is 0.778. The van der Waals surface area contributed by atoms with Crippen molar-refractivity contribution >= 4 is 11.6 Å². The van der Waals surface area contributed by atoms with Crippen molar-refractivity contribution in [3.05, 3.63) is 11.1 Å². The molecular weight excluding hydrogens is 259 g/mol. The second kappa shape index (κ2) is 5.68. The summed E-state index contributed by atoms with van der Waals surface area (Å²) < 4.78 is 41.5. The summed E-state index contributed by atoms with van der Waals surface area (Å²) in [5.41, 5.74) is 0. The van der Waals surface area contributed by atoms with Crippen LogP contribution in [0.25, 0.3) is 0 Å². The van der Waals surface area contributed by atoms with Gasteiger partial charge in [0.05, 0.1) is 13.2 Å². The van der Waals surface area contributed by atoms with Gasteiger partial charge in [0.15, 0.2) is 0 Å². The molecule has 4 nitrogen and oxygen atoms in total. The lowest BCUT2D eigenvalue weighted by Crippen LogP contribution is -2.19. The van der Waals surface area contributed by atoms with Crippen LogP contribution in [0.2, 0.25) is 5.28 Å². The highest BCUT2D eigenvalue weighted by Crippen LogP contribution is 2.17. The molecule has 0 radical (unpaired) electrons. The van der Waals surface area contributed by atoms with Crippen molar-refractivity contribution in [2.45, 2.75) is 32.5 Å². The highest BCUT2D eigenvalue weighted by atomic mass is 35.5. The Kier molecular flexibility index (Phi) is 4.76. The van der Waals surface area contributed by atoms with E-state index in [1.807, 2.05) is 13.8 Å². The van der Waals surface area contributed by atoms with Gasteiger partial charge in [-0.1, -0.05) is 13.8 Å². The second-order valence-electron chi connectivity index (χ2n) is 3.80. The smallest absolute Gasteiger partial charge is 0.370 e. The van der Waals surface area contributed by atoms with E-state index in [9.17, 15) is 13.2 Å². The van der Waals surface area contributed by atoms with Crippen molar-refractivity contribution in [2.24, 2.45) is 0 Å². The van der Waals surface area contributed by atoms with Gasteiger partial charge in [-0.15, -0.1) is 10.2 Å². The van der Waals surface area contributed by atoms with Crippen LogP contribution in [0.3, 0.4) is 0 Å². The molecule has 0 aliphatic rings. The molecule has 1 heterocycles. The molecule has 0 amide bonds. The number of halogens is 4. The molecule has 8 heteroatoms. The zero-order valence-electron chi connectivity index (χ0n) is 9.46. The van der Waals surface area contributed by atoms with E-state index in [0.717, 1.165) is 0 Å². The standard InChI is InChI=1S/C9H13ClF3N3O/c1-6(2)7-14-15-8(10)16(7)3-4-17-5-9(11,12)13/h6H,3-5H2,1-2H3. The summed E-state index contributed by atoms with van der Waals surface area (Å²) in [6, 6.07) is 0. The van der Waals surface area contributed by atoms with Crippen LogP contribution in [-0.2, 0) is 11.3 Å². The number of hydrogen-bond donors (Lipinski definition) is 0. The van der Waals surface area contributed by atoms with Gasteiger partial charge in [0, 0.05) is 5.92 Å². The van der Waals surface area contributed by atoms with E-state index in [0.29, 0.717) is 5.82 Å². The van der Waals surface area contributed by atoms with Gasteiger partial charge in [-0.25, -0.2) is 0 Å². The average Bonchev–Trinajstić information content (AvgIpc) is 2.53. The molecule has 0 unspecified atom stereocenters. The summed E-state index contributed by atoms with van der Waals surface area (Å²) in [4.78, 5) is 0. The van der Waals surface area contributed by atoms with E-state index in [1.54, 1.807) is 4.57 Å². The molecule has 0 N–H and O–H groups in total. The fourth-order valence-corrected chi connectivity index (χ4v) is 1.48. The second-order valence-corrected chi connectivity index (χ2v) is 4.14. The van der Waals surface area contributed by atoms with E-state index >= 15 is 0 Å². The third-order valence-corrected chi connectivity index (χ3v) is 2.26. The molecule has 0 bridgehead atoms. The minimum Gasteiger partial charge on any atom is -0.370 e. The predicted octanol–water partition coefficient (Wildman–Crippen LogP) is 2.63. The monoisotopic (exact) mass is 271 g/mol. The maximum atomic E-state index is 11.8. The Morgan fingerprint density at radius 1 is 1.35 bits per heavy atom. The molecule has 1 rings (SSSR count). The molecule has 0 fully saturated rings. The Hall–Kier alpha value is -0.820. The van der Waals surface area contributed by atoms with Crippen LogP contribution in [0, 0.1) is 0 Å². The Bertz CT molecular complexity index is 365. The summed E-state index contributed by atoms with van der Waals surface area (Å²) >= 11 is 5.77. The van der Waals surface area contributed by atoms with E-state index in [2.05, 4.69) is 14.9 Å². The van der Waals surface area contributed by atoms with Gasteiger partial charge in [0.1, 0.15) is 12.4 Å².